The van der Waals surface area contributed by atoms with Gasteiger partial charge in [-0.05, 0) is 13.5 Å². The van der Waals surface area contributed by atoms with Crippen LogP contribution in [0, 0.1) is 0 Å². The molecule has 2 nitrogen and oxygen atoms in total. The Labute approximate surface area is 99.4 Å². The molecule has 2 rings (SSSR count). The average Bonchev–Trinajstić information content (AvgIpc) is 2.23. The number of piperazine rings is 1. The SMILES string of the molecule is Br.Br.Br.CN1C[C@@H]2C[C@H]1CN2. The maximum absolute atomic E-state index is 3.44. The molecular formula is C6H15Br3N2. The Morgan fingerprint density at radius 2 is 1.91 bits per heavy atom. The number of hydrogen-bond acceptors (Lipinski definition) is 2. The lowest BCUT2D eigenvalue weighted by Gasteiger charge is -2.21. The van der Waals surface area contributed by atoms with Gasteiger partial charge in [0.1, 0.15) is 0 Å². The van der Waals surface area contributed by atoms with Crippen LogP contribution in [0.3, 0.4) is 0 Å². The smallest absolute Gasteiger partial charge is 0.0233 e. The van der Waals surface area contributed by atoms with E-state index in [9.17, 15) is 0 Å². The molecule has 0 spiro atoms. The lowest BCUT2D eigenvalue weighted by Crippen LogP contribution is -2.41. The average molecular weight is 355 g/mol. The lowest BCUT2D eigenvalue weighted by atomic mass is 10.2. The van der Waals surface area contributed by atoms with Gasteiger partial charge in [0.05, 0.1) is 0 Å². The molecule has 0 aromatic carbocycles. The molecule has 1 N–H and O–H groups in total. The van der Waals surface area contributed by atoms with Crippen LogP contribution in [0.4, 0.5) is 0 Å². The van der Waals surface area contributed by atoms with E-state index >= 15 is 0 Å². The molecule has 0 amide bonds. The number of halogens is 3. The molecule has 2 bridgehead atoms. The van der Waals surface area contributed by atoms with Gasteiger partial charge in [0.15, 0.2) is 0 Å². The summed E-state index contributed by atoms with van der Waals surface area (Å²) in [7, 11) is 2.21. The van der Waals surface area contributed by atoms with Crippen molar-refractivity contribution in [3.8, 4) is 0 Å². The molecule has 0 aromatic heterocycles. The zero-order valence-electron chi connectivity index (χ0n) is 6.45. The van der Waals surface area contributed by atoms with E-state index in [1.54, 1.807) is 0 Å². The molecule has 2 aliphatic heterocycles. The number of nitrogens with zero attached hydrogens (tertiary/aromatic N) is 1. The maximum Gasteiger partial charge on any atom is 0.0233 e. The second-order valence-electron chi connectivity index (χ2n) is 2.93. The minimum Gasteiger partial charge on any atom is -0.311 e. The normalized spacial score (nSPS) is 33.5. The van der Waals surface area contributed by atoms with E-state index in [0.717, 1.165) is 12.1 Å². The monoisotopic (exact) mass is 352 g/mol. The second kappa shape index (κ2) is 5.91. The van der Waals surface area contributed by atoms with Crippen molar-refractivity contribution in [2.24, 2.45) is 0 Å². The third-order valence-corrected chi connectivity index (χ3v) is 2.33. The summed E-state index contributed by atoms with van der Waals surface area (Å²) in [5.74, 6) is 0. The summed E-state index contributed by atoms with van der Waals surface area (Å²) >= 11 is 0. The van der Waals surface area contributed by atoms with Crippen LogP contribution in [0.15, 0.2) is 0 Å². The highest BCUT2D eigenvalue weighted by atomic mass is 79.9. The van der Waals surface area contributed by atoms with Gasteiger partial charge in [0.25, 0.3) is 0 Å². The first-order valence-electron chi connectivity index (χ1n) is 3.30. The minimum atomic E-state index is 0. The van der Waals surface area contributed by atoms with Gasteiger partial charge >= 0.3 is 0 Å². The molecule has 0 unspecified atom stereocenters. The maximum atomic E-state index is 3.44. The van der Waals surface area contributed by atoms with Gasteiger partial charge in [-0.15, -0.1) is 50.9 Å². The third-order valence-electron chi connectivity index (χ3n) is 2.33. The minimum absolute atomic E-state index is 0. The fraction of sp³-hybridized carbons (Fsp3) is 1.00. The van der Waals surface area contributed by atoms with Crippen molar-refractivity contribution >= 4 is 50.9 Å². The number of fused-ring (bicyclic) bond motifs is 2. The standard InChI is InChI=1S/C6H12N2.3BrH/c1-8-4-5-2-6(8)3-7-5;;;/h5-7H,2-4H2,1H3;3*1H/t5-,6-;;;/m0.../s1. The molecule has 2 fully saturated rings. The van der Waals surface area contributed by atoms with Crippen molar-refractivity contribution < 1.29 is 0 Å². The van der Waals surface area contributed by atoms with Crippen molar-refractivity contribution in [2.45, 2.75) is 18.5 Å². The first-order chi connectivity index (χ1) is 3.86. The Hall–Kier alpha value is 1.36. The fourth-order valence-electron chi connectivity index (χ4n) is 1.77. The van der Waals surface area contributed by atoms with Gasteiger partial charge in [-0.25, -0.2) is 0 Å². The third kappa shape index (κ3) is 2.95. The van der Waals surface area contributed by atoms with Crippen molar-refractivity contribution in [1.82, 2.24) is 10.2 Å². The number of likely N-dealkylation sites (N-methyl/N-ethyl adjacent to an activating group) is 1. The highest BCUT2D eigenvalue weighted by Gasteiger charge is 2.34. The van der Waals surface area contributed by atoms with Crippen molar-refractivity contribution in [3.05, 3.63) is 0 Å². The molecule has 0 aliphatic carbocycles. The van der Waals surface area contributed by atoms with E-state index < -0.39 is 0 Å². The number of nitrogens with one attached hydrogen (secondary N) is 1. The quantitative estimate of drug-likeness (QED) is 0.707. The van der Waals surface area contributed by atoms with E-state index in [-0.39, 0.29) is 50.9 Å². The molecule has 2 atom stereocenters. The van der Waals surface area contributed by atoms with E-state index in [4.69, 9.17) is 0 Å². The van der Waals surface area contributed by atoms with Crippen LogP contribution >= 0.6 is 50.9 Å². The molecule has 70 valence electrons. The van der Waals surface area contributed by atoms with Gasteiger partial charge in [-0.3, -0.25) is 0 Å². The molecule has 11 heavy (non-hydrogen) atoms. The first-order valence-corrected chi connectivity index (χ1v) is 3.30. The molecule has 5 heteroatoms. The zero-order chi connectivity index (χ0) is 5.56. The topological polar surface area (TPSA) is 15.3 Å². The van der Waals surface area contributed by atoms with Crippen molar-refractivity contribution in [2.75, 3.05) is 20.1 Å². The van der Waals surface area contributed by atoms with Gasteiger partial charge in [-0.2, -0.15) is 0 Å². The molecule has 2 saturated heterocycles. The molecule has 2 aliphatic rings. The Bertz CT molecular complexity index is 110. The number of likely N-dealkylation sites (tertiary alicyclic amines) is 1. The highest BCUT2D eigenvalue weighted by molar-refractivity contribution is 8.93. The van der Waals surface area contributed by atoms with Crippen LogP contribution in [-0.4, -0.2) is 37.1 Å². The summed E-state index contributed by atoms with van der Waals surface area (Å²) in [5.41, 5.74) is 0. The molecular weight excluding hydrogens is 340 g/mol. The predicted molar refractivity (Wildman–Crippen MR) is 63.8 cm³/mol. The summed E-state index contributed by atoms with van der Waals surface area (Å²) < 4.78 is 0. The van der Waals surface area contributed by atoms with Gasteiger partial charge < -0.3 is 10.2 Å². The first kappa shape index (κ1) is 14.9. The van der Waals surface area contributed by atoms with Gasteiger partial charge in [-0.1, -0.05) is 0 Å². The summed E-state index contributed by atoms with van der Waals surface area (Å²) in [5, 5.41) is 3.44. The van der Waals surface area contributed by atoms with E-state index in [2.05, 4.69) is 17.3 Å². The van der Waals surface area contributed by atoms with Crippen LogP contribution in [0.25, 0.3) is 0 Å². The summed E-state index contributed by atoms with van der Waals surface area (Å²) in [6.45, 7) is 2.49. The van der Waals surface area contributed by atoms with E-state index in [0.29, 0.717) is 0 Å². The summed E-state index contributed by atoms with van der Waals surface area (Å²) in [4.78, 5) is 2.45. The molecule has 2 heterocycles. The highest BCUT2D eigenvalue weighted by Crippen LogP contribution is 2.20. The Kier molecular flexibility index (Phi) is 7.99. The molecule has 0 saturated carbocycles. The van der Waals surface area contributed by atoms with E-state index in [1.165, 1.54) is 19.5 Å². The largest absolute Gasteiger partial charge is 0.311 e. The van der Waals surface area contributed by atoms with Crippen LogP contribution < -0.4 is 5.32 Å². The van der Waals surface area contributed by atoms with E-state index in [1.807, 2.05) is 0 Å². The van der Waals surface area contributed by atoms with Crippen molar-refractivity contribution in [1.29, 1.82) is 0 Å². The summed E-state index contributed by atoms with van der Waals surface area (Å²) in [6.07, 6.45) is 1.39. The molecule has 0 radical (unpaired) electrons. The zero-order valence-corrected chi connectivity index (χ0v) is 11.6. The second-order valence-corrected chi connectivity index (χ2v) is 2.93. The Morgan fingerprint density at radius 3 is 2.09 bits per heavy atom. The predicted octanol–water partition coefficient (Wildman–Crippen LogP) is 1.40. The van der Waals surface area contributed by atoms with Crippen LogP contribution in [0.5, 0.6) is 0 Å². The summed E-state index contributed by atoms with van der Waals surface area (Å²) in [6, 6.07) is 1.69. The van der Waals surface area contributed by atoms with Crippen molar-refractivity contribution in [3.63, 3.8) is 0 Å². The van der Waals surface area contributed by atoms with Gasteiger partial charge in [0.2, 0.25) is 0 Å². The number of hydrogen-bond donors (Lipinski definition) is 1. The lowest BCUT2D eigenvalue weighted by molar-refractivity contribution is 0.276. The van der Waals surface area contributed by atoms with Crippen LogP contribution in [0.2, 0.25) is 0 Å². The van der Waals surface area contributed by atoms with Crippen LogP contribution in [0.1, 0.15) is 6.42 Å². The Balaban J connectivity index is 0. The van der Waals surface area contributed by atoms with Crippen LogP contribution in [-0.2, 0) is 0 Å². The number of rotatable bonds is 0. The fourth-order valence-corrected chi connectivity index (χ4v) is 1.77. The molecule has 0 aromatic rings. The Morgan fingerprint density at radius 1 is 1.27 bits per heavy atom. The van der Waals surface area contributed by atoms with Gasteiger partial charge in [0, 0.05) is 25.2 Å².